The molecule has 0 saturated carbocycles. The molecule has 0 spiro atoms. The molecule has 186 valence electrons. The topological polar surface area (TPSA) is 76.0 Å². The van der Waals surface area contributed by atoms with Gasteiger partial charge in [-0.25, -0.2) is 8.42 Å². The number of benzene rings is 3. The Balaban J connectivity index is 1.52. The van der Waals surface area contributed by atoms with Crippen molar-refractivity contribution in [2.45, 2.75) is 31.6 Å². The van der Waals surface area contributed by atoms with E-state index in [9.17, 15) is 13.2 Å². The highest BCUT2D eigenvalue weighted by Gasteiger charge is 2.50. The van der Waals surface area contributed by atoms with Crippen molar-refractivity contribution in [1.29, 1.82) is 0 Å². The van der Waals surface area contributed by atoms with E-state index < -0.39 is 9.84 Å². The Morgan fingerprint density at radius 1 is 1.06 bits per heavy atom. The predicted octanol–water partition coefficient (Wildman–Crippen LogP) is 5.59. The van der Waals surface area contributed by atoms with Crippen LogP contribution in [-0.4, -0.2) is 42.3 Å². The third-order valence-electron chi connectivity index (χ3n) is 6.16. The zero-order chi connectivity index (χ0) is 25.4. The number of ether oxygens (including phenoxy) is 1. The van der Waals surface area contributed by atoms with E-state index in [1.165, 1.54) is 11.8 Å². The van der Waals surface area contributed by atoms with Crippen molar-refractivity contribution < 1.29 is 17.9 Å². The van der Waals surface area contributed by atoms with Gasteiger partial charge >= 0.3 is 0 Å². The molecule has 2 fully saturated rings. The van der Waals surface area contributed by atoms with Gasteiger partial charge in [0.2, 0.25) is 0 Å². The molecule has 2 atom stereocenters. The quantitative estimate of drug-likeness (QED) is 0.420. The van der Waals surface area contributed by atoms with Gasteiger partial charge in [-0.05, 0) is 55.3 Å². The number of hydrogen-bond donors (Lipinski definition) is 0. The number of thioether (sulfide) groups is 1. The molecule has 6 nitrogen and oxygen atoms in total. The first-order valence-electron chi connectivity index (χ1n) is 11.5. The standard InChI is InChI=1S/C27H25ClN2O4S2/c1-17-6-8-19(9-7-17)13-26(31)29-27-30(23-15-36(32,33)16-25(23)35-27)22-14-20(28)10-11-24(22)34-21-5-3-4-18(2)12-21/h3-12,14,23,25H,13,15-16H2,1-2H3/t23-,25+/m1/s1. The summed E-state index contributed by atoms with van der Waals surface area (Å²) in [6, 6.07) is 20.3. The van der Waals surface area contributed by atoms with Crippen LogP contribution in [-0.2, 0) is 21.1 Å². The fourth-order valence-corrected chi connectivity index (χ4v) is 8.53. The van der Waals surface area contributed by atoms with Gasteiger partial charge in [0.05, 0.1) is 29.7 Å². The Kier molecular flexibility index (Phi) is 6.85. The zero-order valence-corrected chi connectivity index (χ0v) is 22.2. The summed E-state index contributed by atoms with van der Waals surface area (Å²) >= 11 is 7.71. The first-order valence-corrected chi connectivity index (χ1v) is 14.6. The number of amidine groups is 1. The maximum atomic E-state index is 13.0. The molecule has 0 radical (unpaired) electrons. The number of aryl methyl sites for hydroxylation is 2. The largest absolute Gasteiger partial charge is 0.455 e. The first kappa shape index (κ1) is 24.9. The molecule has 2 heterocycles. The lowest BCUT2D eigenvalue weighted by molar-refractivity contribution is -0.117. The minimum atomic E-state index is -3.21. The molecule has 0 unspecified atom stereocenters. The number of rotatable bonds is 5. The second-order valence-corrected chi connectivity index (χ2v) is 12.9. The molecule has 2 aliphatic heterocycles. The lowest BCUT2D eigenvalue weighted by Gasteiger charge is -2.27. The molecular weight excluding hydrogens is 516 g/mol. The lowest BCUT2D eigenvalue weighted by Crippen LogP contribution is -2.38. The van der Waals surface area contributed by atoms with Gasteiger partial charge in [0.25, 0.3) is 5.91 Å². The predicted molar refractivity (Wildman–Crippen MR) is 146 cm³/mol. The van der Waals surface area contributed by atoms with Gasteiger partial charge < -0.3 is 9.64 Å². The van der Waals surface area contributed by atoms with Crippen molar-refractivity contribution in [3.8, 4) is 11.5 Å². The van der Waals surface area contributed by atoms with E-state index in [2.05, 4.69) is 4.99 Å². The summed E-state index contributed by atoms with van der Waals surface area (Å²) in [6.07, 6.45) is 0.161. The zero-order valence-electron chi connectivity index (χ0n) is 19.8. The minimum absolute atomic E-state index is 0.0216. The van der Waals surface area contributed by atoms with Crippen LogP contribution < -0.4 is 9.64 Å². The highest BCUT2D eigenvalue weighted by molar-refractivity contribution is 8.16. The van der Waals surface area contributed by atoms with Gasteiger partial charge in [-0.15, -0.1) is 0 Å². The van der Waals surface area contributed by atoms with Crippen LogP contribution in [0.3, 0.4) is 0 Å². The fraction of sp³-hybridized carbons (Fsp3) is 0.259. The number of nitrogens with zero attached hydrogens (tertiary/aromatic N) is 2. The molecular formula is C27H25ClN2O4S2. The van der Waals surface area contributed by atoms with Crippen LogP contribution in [0, 0.1) is 13.8 Å². The summed E-state index contributed by atoms with van der Waals surface area (Å²) in [6.45, 7) is 3.97. The van der Waals surface area contributed by atoms with Gasteiger partial charge in [0.15, 0.2) is 20.8 Å². The van der Waals surface area contributed by atoms with Crippen molar-refractivity contribution >= 4 is 50.0 Å². The number of fused-ring (bicyclic) bond motifs is 1. The Labute approximate surface area is 220 Å². The van der Waals surface area contributed by atoms with Gasteiger partial charge in [-0.2, -0.15) is 4.99 Å². The maximum Gasteiger partial charge on any atom is 0.252 e. The molecule has 2 saturated heterocycles. The first-order chi connectivity index (χ1) is 17.2. The summed E-state index contributed by atoms with van der Waals surface area (Å²) in [5.74, 6) is 0.881. The summed E-state index contributed by atoms with van der Waals surface area (Å²) in [4.78, 5) is 19.2. The van der Waals surface area contributed by atoms with Crippen LogP contribution in [0.1, 0.15) is 16.7 Å². The number of sulfone groups is 1. The summed E-state index contributed by atoms with van der Waals surface area (Å²) in [5.41, 5.74) is 3.62. The molecule has 0 aromatic heterocycles. The van der Waals surface area contributed by atoms with Crippen molar-refractivity contribution in [2.75, 3.05) is 16.4 Å². The molecule has 0 bridgehead atoms. The lowest BCUT2D eigenvalue weighted by atomic mass is 10.1. The molecule has 1 amide bonds. The van der Waals surface area contributed by atoms with Crippen LogP contribution in [0.4, 0.5) is 5.69 Å². The van der Waals surface area contributed by atoms with E-state index in [4.69, 9.17) is 16.3 Å². The van der Waals surface area contributed by atoms with Gasteiger partial charge in [0.1, 0.15) is 5.75 Å². The SMILES string of the molecule is Cc1ccc(CC(=O)N=C2S[C@H]3CS(=O)(=O)C[C@H]3N2c2cc(Cl)ccc2Oc2cccc(C)c2)cc1. The van der Waals surface area contributed by atoms with Crippen molar-refractivity contribution in [1.82, 2.24) is 0 Å². The van der Waals surface area contributed by atoms with Crippen LogP contribution in [0.2, 0.25) is 5.02 Å². The van der Waals surface area contributed by atoms with Crippen molar-refractivity contribution in [2.24, 2.45) is 4.99 Å². The molecule has 5 rings (SSSR count). The van der Waals surface area contributed by atoms with E-state index >= 15 is 0 Å². The number of halogens is 1. The number of carbonyl (C=O) groups excluding carboxylic acids is 1. The Hall–Kier alpha value is -2.81. The third kappa shape index (κ3) is 5.45. The minimum Gasteiger partial charge on any atom is -0.455 e. The smallest absolute Gasteiger partial charge is 0.252 e. The molecule has 3 aromatic rings. The second kappa shape index (κ2) is 9.92. The molecule has 0 aliphatic carbocycles. The Morgan fingerprint density at radius 2 is 1.83 bits per heavy atom. The van der Waals surface area contributed by atoms with E-state index in [0.29, 0.717) is 27.4 Å². The Bertz CT molecular complexity index is 1450. The van der Waals surface area contributed by atoms with E-state index in [1.54, 1.807) is 18.2 Å². The normalized spacial score (nSPS) is 21.5. The summed E-state index contributed by atoms with van der Waals surface area (Å²) < 4.78 is 31.2. The number of amides is 1. The summed E-state index contributed by atoms with van der Waals surface area (Å²) in [5, 5.41) is 0.710. The number of hydrogen-bond acceptors (Lipinski definition) is 5. The molecule has 0 N–H and O–H groups in total. The molecule has 36 heavy (non-hydrogen) atoms. The molecule has 2 aliphatic rings. The third-order valence-corrected chi connectivity index (χ3v) is 9.61. The van der Waals surface area contributed by atoms with Crippen LogP contribution in [0.25, 0.3) is 0 Å². The number of aliphatic imine (C=N–C) groups is 1. The van der Waals surface area contributed by atoms with Gasteiger partial charge in [-0.3, -0.25) is 4.79 Å². The van der Waals surface area contributed by atoms with Crippen LogP contribution in [0.5, 0.6) is 11.5 Å². The van der Waals surface area contributed by atoms with E-state index in [0.717, 1.165) is 16.7 Å². The molecule has 9 heteroatoms. The number of carbonyl (C=O) groups is 1. The average Bonchev–Trinajstić information content (AvgIpc) is 3.27. The monoisotopic (exact) mass is 540 g/mol. The highest BCUT2D eigenvalue weighted by atomic mass is 35.5. The second-order valence-electron chi connectivity index (χ2n) is 9.15. The highest BCUT2D eigenvalue weighted by Crippen LogP contribution is 2.45. The van der Waals surface area contributed by atoms with Gasteiger partial charge in [0, 0.05) is 10.3 Å². The van der Waals surface area contributed by atoms with E-state index in [-0.39, 0.29) is 35.1 Å². The van der Waals surface area contributed by atoms with E-state index in [1.807, 2.05) is 67.3 Å². The molecule has 3 aromatic carbocycles. The Morgan fingerprint density at radius 3 is 2.58 bits per heavy atom. The van der Waals surface area contributed by atoms with Crippen molar-refractivity contribution in [3.63, 3.8) is 0 Å². The summed E-state index contributed by atoms with van der Waals surface area (Å²) in [7, 11) is -3.21. The average molecular weight is 541 g/mol. The van der Waals surface area contributed by atoms with Gasteiger partial charge in [-0.1, -0.05) is 65.3 Å². The number of anilines is 1. The fourth-order valence-electron chi connectivity index (χ4n) is 4.44. The van der Waals surface area contributed by atoms with Crippen LogP contribution >= 0.6 is 23.4 Å². The van der Waals surface area contributed by atoms with Crippen molar-refractivity contribution in [3.05, 3.63) is 88.4 Å². The van der Waals surface area contributed by atoms with Crippen LogP contribution in [0.15, 0.2) is 71.7 Å². The maximum absolute atomic E-state index is 13.0.